The lowest BCUT2D eigenvalue weighted by atomic mass is 9.77. The number of nitrogens with zero attached hydrogens (tertiary/aromatic N) is 1. The molecule has 1 fully saturated rings. The van der Waals surface area contributed by atoms with Gasteiger partial charge in [0.05, 0.1) is 4.90 Å². The summed E-state index contributed by atoms with van der Waals surface area (Å²) in [7, 11) is 0.787. The molecule has 2 aliphatic rings. The van der Waals surface area contributed by atoms with Gasteiger partial charge >= 0.3 is 0 Å². The summed E-state index contributed by atoms with van der Waals surface area (Å²) >= 11 is 0. The van der Waals surface area contributed by atoms with Crippen molar-refractivity contribution in [1.29, 1.82) is 0 Å². The van der Waals surface area contributed by atoms with Crippen LogP contribution < -0.4 is 5.32 Å². The van der Waals surface area contributed by atoms with Crippen molar-refractivity contribution in [2.45, 2.75) is 36.6 Å². The van der Waals surface area contributed by atoms with Crippen molar-refractivity contribution >= 4 is 9.84 Å². The Kier molecular flexibility index (Phi) is 5.77. The van der Waals surface area contributed by atoms with E-state index in [0.717, 1.165) is 32.4 Å². The van der Waals surface area contributed by atoms with Crippen molar-refractivity contribution in [1.82, 2.24) is 10.2 Å². The molecule has 2 atom stereocenters. The van der Waals surface area contributed by atoms with E-state index in [9.17, 15) is 8.42 Å². The van der Waals surface area contributed by atoms with Crippen LogP contribution in [0.3, 0.4) is 0 Å². The summed E-state index contributed by atoms with van der Waals surface area (Å²) in [5.41, 5.74) is 1.39. The third-order valence-electron chi connectivity index (χ3n) is 5.18. The number of fused-ring (bicyclic) bond motifs is 1. The van der Waals surface area contributed by atoms with Crippen molar-refractivity contribution in [2.75, 3.05) is 27.2 Å². The number of sulfone groups is 1. The molecule has 0 bridgehead atoms. The first-order chi connectivity index (χ1) is 12.0. The molecule has 0 radical (unpaired) electrons. The van der Waals surface area contributed by atoms with Gasteiger partial charge in [-0.15, -0.1) is 0 Å². The van der Waals surface area contributed by atoms with Gasteiger partial charge in [-0.1, -0.05) is 30.7 Å². The molecule has 0 saturated heterocycles. The van der Waals surface area contributed by atoms with E-state index in [0.29, 0.717) is 28.2 Å². The monoisotopic (exact) mass is 360 g/mol. The largest absolute Gasteiger partial charge is 0.309 e. The smallest absolute Gasteiger partial charge is 0.202 e. The summed E-state index contributed by atoms with van der Waals surface area (Å²) < 4.78 is 25.7. The maximum Gasteiger partial charge on any atom is 0.202 e. The van der Waals surface area contributed by atoms with Gasteiger partial charge in [0.25, 0.3) is 0 Å². The fraction of sp³-hybridized carbons (Fsp3) is 0.500. The number of rotatable bonds is 6. The van der Waals surface area contributed by atoms with Gasteiger partial charge in [-0.25, -0.2) is 8.42 Å². The molecule has 0 heterocycles. The lowest BCUT2D eigenvalue weighted by Crippen LogP contribution is -2.40. The number of benzene rings is 1. The molecular formula is C20H28N2O2S. The third-order valence-corrected chi connectivity index (χ3v) is 7.06. The molecule has 0 aliphatic heterocycles. The predicted molar refractivity (Wildman–Crippen MR) is 102 cm³/mol. The molecule has 3 rings (SSSR count). The van der Waals surface area contributed by atoms with Crippen LogP contribution >= 0.6 is 0 Å². The molecule has 1 aromatic rings. The van der Waals surface area contributed by atoms with Gasteiger partial charge in [-0.2, -0.15) is 0 Å². The van der Waals surface area contributed by atoms with Crippen LogP contribution in [0.4, 0.5) is 0 Å². The van der Waals surface area contributed by atoms with E-state index < -0.39 is 9.84 Å². The lowest BCUT2D eigenvalue weighted by Gasteiger charge is -2.36. The van der Waals surface area contributed by atoms with E-state index in [1.54, 1.807) is 24.3 Å². The molecule has 136 valence electrons. The first-order valence-electron chi connectivity index (χ1n) is 9.07. The Labute approximate surface area is 151 Å². The fourth-order valence-electron chi connectivity index (χ4n) is 3.79. The predicted octanol–water partition coefficient (Wildman–Crippen LogP) is 2.99. The Morgan fingerprint density at radius 1 is 1.12 bits per heavy atom. The van der Waals surface area contributed by atoms with Gasteiger partial charge in [0.1, 0.15) is 0 Å². The Balaban J connectivity index is 1.78. The number of hydrogen-bond donors (Lipinski definition) is 1. The van der Waals surface area contributed by atoms with Gasteiger partial charge in [-0.3, -0.25) is 0 Å². The molecule has 25 heavy (non-hydrogen) atoms. The second-order valence-electron chi connectivity index (χ2n) is 7.26. The van der Waals surface area contributed by atoms with E-state index in [2.05, 4.69) is 30.4 Å². The number of likely N-dealkylation sites (N-methyl/N-ethyl adjacent to an activating group) is 1. The minimum atomic E-state index is -3.37. The average Bonchev–Trinajstić information content (AvgIpc) is 2.62. The van der Waals surface area contributed by atoms with Crippen molar-refractivity contribution in [3.63, 3.8) is 0 Å². The highest BCUT2D eigenvalue weighted by Gasteiger charge is 2.33. The summed E-state index contributed by atoms with van der Waals surface area (Å²) in [4.78, 5) is 3.13. The maximum absolute atomic E-state index is 12.9. The van der Waals surface area contributed by atoms with E-state index in [1.807, 2.05) is 12.1 Å². The SMILES string of the molecule is CN(C)CCNC1CCCC2CC(S(=O)(=O)c3ccccc3)=CC=C21. The summed E-state index contributed by atoms with van der Waals surface area (Å²) in [6.07, 6.45) is 7.91. The second-order valence-corrected chi connectivity index (χ2v) is 9.26. The Bertz CT molecular complexity index is 751. The summed E-state index contributed by atoms with van der Waals surface area (Å²) in [5.74, 6) is 0.351. The van der Waals surface area contributed by atoms with Gasteiger partial charge in [0.2, 0.25) is 9.84 Å². The van der Waals surface area contributed by atoms with Crippen molar-refractivity contribution in [2.24, 2.45) is 5.92 Å². The topological polar surface area (TPSA) is 49.4 Å². The Morgan fingerprint density at radius 3 is 2.60 bits per heavy atom. The van der Waals surface area contributed by atoms with Crippen LogP contribution in [0.1, 0.15) is 25.7 Å². The van der Waals surface area contributed by atoms with Gasteiger partial charge in [0, 0.05) is 24.0 Å². The summed E-state index contributed by atoms with van der Waals surface area (Å²) in [6.45, 7) is 1.97. The molecule has 2 unspecified atom stereocenters. The van der Waals surface area contributed by atoms with Crippen LogP contribution in [0.5, 0.6) is 0 Å². The normalized spacial score (nSPS) is 23.8. The standard InChI is InChI=1S/C20H28N2O2S/c1-22(2)14-13-21-20-10-6-7-16-15-18(11-12-19(16)20)25(23,24)17-8-4-3-5-9-17/h3-5,8-9,11-12,16,20-21H,6-7,10,13-15H2,1-2H3. The molecule has 1 aromatic carbocycles. The van der Waals surface area contributed by atoms with E-state index >= 15 is 0 Å². The zero-order valence-corrected chi connectivity index (χ0v) is 15.9. The molecule has 1 saturated carbocycles. The minimum absolute atomic E-state index is 0.351. The molecule has 1 N–H and O–H groups in total. The van der Waals surface area contributed by atoms with Gasteiger partial charge in [0.15, 0.2) is 0 Å². The van der Waals surface area contributed by atoms with Gasteiger partial charge in [-0.05, 0) is 63.1 Å². The van der Waals surface area contributed by atoms with Crippen LogP contribution in [-0.4, -0.2) is 46.5 Å². The van der Waals surface area contributed by atoms with Crippen LogP contribution in [0.15, 0.2) is 57.9 Å². The highest BCUT2D eigenvalue weighted by Crippen LogP contribution is 2.39. The molecular weight excluding hydrogens is 332 g/mol. The quantitative estimate of drug-likeness (QED) is 0.847. The summed E-state index contributed by atoms with van der Waals surface area (Å²) in [5, 5.41) is 3.65. The Hall–Kier alpha value is -1.43. The average molecular weight is 361 g/mol. The lowest BCUT2D eigenvalue weighted by molar-refractivity contribution is 0.345. The van der Waals surface area contributed by atoms with Crippen LogP contribution in [0.2, 0.25) is 0 Å². The molecule has 2 aliphatic carbocycles. The van der Waals surface area contributed by atoms with Crippen molar-refractivity contribution in [3.8, 4) is 0 Å². The number of hydrogen-bond acceptors (Lipinski definition) is 4. The molecule has 0 spiro atoms. The maximum atomic E-state index is 12.9. The van der Waals surface area contributed by atoms with Crippen LogP contribution in [-0.2, 0) is 9.84 Å². The van der Waals surface area contributed by atoms with E-state index in [1.165, 1.54) is 5.57 Å². The van der Waals surface area contributed by atoms with Crippen LogP contribution in [0, 0.1) is 5.92 Å². The minimum Gasteiger partial charge on any atom is -0.309 e. The summed E-state index contributed by atoms with van der Waals surface area (Å²) in [6, 6.07) is 9.16. The van der Waals surface area contributed by atoms with Gasteiger partial charge < -0.3 is 10.2 Å². The zero-order chi connectivity index (χ0) is 17.9. The first-order valence-corrected chi connectivity index (χ1v) is 10.6. The fourth-order valence-corrected chi connectivity index (χ4v) is 5.28. The third kappa shape index (κ3) is 4.22. The molecule has 0 amide bonds. The highest BCUT2D eigenvalue weighted by atomic mass is 32.2. The van der Waals surface area contributed by atoms with Crippen molar-refractivity contribution < 1.29 is 8.42 Å². The zero-order valence-electron chi connectivity index (χ0n) is 15.1. The van der Waals surface area contributed by atoms with Crippen LogP contribution in [0.25, 0.3) is 0 Å². The second kappa shape index (κ2) is 7.85. The van der Waals surface area contributed by atoms with E-state index in [4.69, 9.17) is 0 Å². The van der Waals surface area contributed by atoms with E-state index in [-0.39, 0.29) is 0 Å². The Morgan fingerprint density at radius 2 is 1.88 bits per heavy atom. The first kappa shape index (κ1) is 18.4. The molecule has 4 nitrogen and oxygen atoms in total. The highest BCUT2D eigenvalue weighted by molar-refractivity contribution is 7.95. The number of allylic oxidation sites excluding steroid dienone is 3. The van der Waals surface area contributed by atoms with Crippen molar-refractivity contribution in [3.05, 3.63) is 53.0 Å². The molecule has 0 aromatic heterocycles. The number of nitrogens with one attached hydrogen (secondary N) is 1. The molecule has 5 heteroatoms.